The summed E-state index contributed by atoms with van der Waals surface area (Å²) in [5, 5.41) is 0.585. The molecule has 4 rings (SSSR count). The summed E-state index contributed by atoms with van der Waals surface area (Å²) in [7, 11) is 3.21. The number of nitrogens with zero attached hydrogens (tertiary/aromatic N) is 2. The lowest BCUT2D eigenvalue weighted by Gasteiger charge is -2.12. The molecule has 0 unspecified atom stereocenters. The Morgan fingerprint density at radius 1 is 0.867 bits per heavy atom. The lowest BCUT2D eigenvalue weighted by Crippen LogP contribution is -2.22. The highest BCUT2D eigenvalue weighted by atomic mass is 16.5. The summed E-state index contributed by atoms with van der Waals surface area (Å²) in [5.74, 6) is 1.86. The van der Waals surface area contributed by atoms with E-state index in [4.69, 9.17) is 14.5 Å². The van der Waals surface area contributed by atoms with Crippen LogP contribution in [0.5, 0.6) is 11.5 Å². The summed E-state index contributed by atoms with van der Waals surface area (Å²) in [4.78, 5) is 18.0. The molecule has 0 amide bonds. The SMILES string of the molecule is COc1ccc(/C=C\c2nc3ccccc3c(=O)n2-c2ccc(C)cc2)cc1OC. The number of fused-ring (bicyclic) bond motifs is 1. The smallest absolute Gasteiger partial charge is 0.266 e. The average molecular weight is 398 g/mol. The molecule has 0 atom stereocenters. The van der Waals surface area contributed by atoms with E-state index in [2.05, 4.69) is 0 Å². The van der Waals surface area contributed by atoms with Crippen molar-refractivity contribution >= 4 is 23.1 Å². The monoisotopic (exact) mass is 398 g/mol. The van der Waals surface area contributed by atoms with E-state index < -0.39 is 0 Å². The van der Waals surface area contributed by atoms with E-state index >= 15 is 0 Å². The predicted molar refractivity (Wildman–Crippen MR) is 121 cm³/mol. The van der Waals surface area contributed by atoms with Gasteiger partial charge < -0.3 is 9.47 Å². The molecule has 0 bridgehead atoms. The first-order chi connectivity index (χ1) is 14.6. The van der Waals surface area contributed by atoms with Gasteiger partial charge in [0, 0.05) is 0 Å². The van der Waals surface area contributed by atoms with Crippen LogP contribution in [0.25, 0.3) is 28.7 Å². The highest BCUT2D eigenvalue weighted by molar-refractivity contribution is 5.80. The first-order valence-electron chi connectivity index (χ1n) is 9.59. The van der Waals surface area contributed by atoms with Gasteiger partial charge in [-0.15, -0.1) is 0 Å². The molecule has 0 saturated heterocycles. The number of ether oxygens (including phenoxy) is 2. The molecule has 1 heterocycles. The lowest BCUT2D eigenvalue weighted by molar-refractivity contribution is 0.355. The largest absolute Gasteiger partial charge is 0.493 e. The third-order valence-corrected chi connectivity index (χ3v) is 4.93. The van der Waals surface area contributed by atoms with Gasteiger partial charge in [0.1, 0.15) is 5.82 Å². The number of hydrogen-bond acceptors (Lipinski definition) is 4. The molecular formula is C25H22N2O3. The van der Waals surface area contributed by atoms with Crippen molar-refractivity contribution in [3.8, 4) is 17.2 Å². The van der Waals surface area contributed by atoms with E-state index in [0.29, 0.717) is 28.2 Å². The Hall–Kier alpha value is -3.86. The van der Waals surface area contributed by atoms with Gasteiger partial charge in [-0.2, -0.15) is 0 Å². The van der Waals surface area contributed by atoms with Crippen LogP contribution in [0.15, 0.2) is 71.5 Å². The van der Waals surface area contributed by atoms with Crippen LogP contribution in [0.3, 0.4) is 0 Å². The van der Waals surface area contributed by atoms with Crippen LogP contribution < -0.4 is 15.0 Å². The zero-order valence-corrected chi connectivity index (χ0v) is 17.1. The number of aryl methyl sites for hydroxylation is 1. The summed E-state index contributed by atoms with van der Waals surface area (Å²) in [6.07, 6.45) is 3.75. The van der Waals surface area contributed by atoms with Gasteiger partial charge in [-0.25, -0.2) is 4.98 Å². The van der Waals surface area contributed by atoms with Crippen LogP contribution >= 0.6 is 0 Å². The van der Waals surface area contributed by atoms with Gasteiger partial charge in [0.05, 0.1) is 30.8 Å². The summed E-state index contributed by atoms with van der Waals surface area (Å²) >= 11 is 0. The first-order valence-corrected chi connectivity index (χ1v) is 9.59. The Labute approximate surface area is 174 Å². The zero-order chi connectivity index (χ0) is 21.1. The molecule has 0 saturated carbocycles. The molecule has 0 N–H and O–H groups in total. The minimum Gasteiger partial charge on any atom is -0.493 e. The maximum atomic E-state index is 13.3. The van der Waals surface area contributed by atoms with Gasteiger partial charge >= 0.3 is 0 Å². The van der Waals surface area contributed by atoms with Crippen LogP contribution in [0, 0.1) is 6.92 Å². The van der Waals surface area contributed by atoms with Gasteiger partial charge in [0.25, 0.3) is 5.56 Å². The van der Waals surface area contributed by atoms with E-state index in [1.54, 1.807) is 24.9 Å². The molecular weight excluding hydrogens is 376 g/mol. The number of para-hydroxylation sites is 1. The summed E-state index contributed by atoms with van der Waals surface area (Å²) in [6, 6.07) is 20.9. The zero-order valence-electron chi connectivity index (χ0n) is 17.1. The van der Waals surface area contributed by atoms with Crippen LogP contribution in [0.4, 0.5) is 0 Å². The summed E-state index contributed by atoms with van der Waals surface area (Å²) in [5.41, 5.74) is 3.37. The van der Waals surface area contributed by atoms with Crippen molar-refractivity contribution in [3.05, 3.63) is 94.0 Å². The molecule has 0 aliphatic heterocycles. The third-order valence-electron chi connectivity index (χ3n) is 4.93. The van der Waals surface area contributed by atoms with Crippen molar-refractivity contribution in [2.45, 2.75) is 6.92 Å². The van der Waals surface area contributed by atoms with Crippen molar-refractivity contribution in [3.63, 3.8) is 0 Å². The average Bonchev–Trinajstić information content (AvgIpc) is 2.78. The fourth-order valence-electron chi connectivity index (χ4n) is 3.33. The van der Waals surface area contributed by atoms with Crippen molar-refractivity contribution in [2.24, 2.45) is 0 Å². The minimum atomic E-state index is -0.101. The van der Waals surface area contributed by atoms with Crippen molar-refractivity contribution < 1.29 is 9.47 Å². The fraction of sp³-hybridized carbons (Fsp3) is 0.120. The molecule has 150 valence electrons. The molecule has 0 fully saturated rings. The quantitative estimate of drug-likeness (QED) is 0.481. The van der Waals surface area contributed by atoms with Crippen LogP contribution in [-0.4, -0.2) is 23.8 Å². The Bertz CT molecular complexity index is 1290. The van der Waals surface area contributed by atoms with Gasteiger partial charge in [-0.3, -0.25) is 9.36 Å². The number of rotatable bonds is 5. The molecule has 4 aromatic rings. The molecule has 1 aromatic heterocycles. The molecule has 0 spiro atoms. The summed E-state index contributed by atoms with van der Waals surface area (Å²) in [6.45, 7) is 2.02. The minimum absolute atomic E-state index is 0.101. The molecule has 3 aromatic carbocycles. The third kappa shape index (κ3) is 3.70. The Balaban J connectivity index is 1.87. The van der Waals surface area contributed by atoms with Crippen LogP contribution in [0.1, 0.15) is 17.0 Å². The van der Waals surface area contributed by atoms with Gasteiger partial charge in [0.15, 0.2) is 11.5 Å². The van der Waals surface area contributed by atoms with Gasteiger partial charge in [-0.05, 0) is 55.0 Å². The molecule has 0 aliphatic carbocycles. The molecule has 5 heteroatoms. The molecule has 0 aliphatic rings. The second-order valence-corrected chi connectivity index (χ2v) is 6.91. The standard InChI is InChI=1S/C25H22N2O3/c1-17-8-12-19(13-9-17)27-24(26-21-7-5-4-6-20(21)25(27)28)15-11-18-10-14-22(29-2)23(16-18)30-3/h4-16H,1-3H3/b15-11-. The van der Waals surface area contributed by atoms with Crippen molar-refractivity contribution in [2.75, 3.05) is 14.2 Å². The highest BCUT2D eigenvalue weighted by Gasteiger charge is 2.11. The second kappa shape index (κ2) is 8.25. The van der Waals surface area contributed by atoms with Crippen LogP contribution in [-0.2, 0) is 0 Å². The Morgan fingerprint density at radius 2 is 1.60 bits per heavy atom. The predicted octanol–water partition coefficient (Wildman–Crippen LogP) is 4.88. The topological polar surface area (TPSA) is 53.3 Å². The molecule has 5 nitrogen and oxygen atoms in total. The van der Waals surface area contributed by atoms with Crippen molar-refractivity contribution in [1.29, 1.82) is 0 Å². The normalized spacial score (nSPS) is 11.2. The highest BCUT2D eigenvalue weighted by Crippen LogP contribution is 2.28. The van der Waals surface area contributed by atoms with Gasteiger partial charge in [-0.1, -0.05) is 42.0 Å². The second-order valence-electron chi connectivity index (χ2n) is 6.91. The van der Waals surface area contributed by atoms with E-state index in [1.165, 1.54) is 0 Å². The summed E-state index contributed by atoms with van der Waals surface area (Å²) < 4.78 is 12.3. The van der Waals surface area contributed by atoms with E-state index in [-0.39, 0.29) is 5.56 Å². The first kappa shape index (κ1) is 19.5. The van der Waals surface area contributed by atoms with E-state index in [1.807, 2.05) is 79.7 Å². The number of hydrogen-bond donors (Lipinski definition) is 0. The van der Waals surface area contributed by atoms with E-state index in [9.17, 15) is 4.79 Å². The van der Waals surface area contributed by atoms with Gasteiger partial charge in [0.2, 0.25) is 0 Å². The van der Waals surface area contributed by atoms with Crippen LogP contribution in [0.2, 0.25) is 0 Å². The Kier molecular flexibility index (Phi) is 5.35. The number of methoxy groups -OCH3 is 2. The molecule has 0 radical (unpaired) electrons. The fourth-order valence-corrected chi connectivity index (χ4v) is 3.33. The number of aromatic nitrogens is 2. The van der Waals surface area contributed by atoms with Crippen molar-refractivity contribution in [1.82, 2.24) is 9.55 Å². The maximum Gasteiger partial charge on any atom is 0.266 e. The number of benzene rings is 3. The lowest BCUT2D eigenvalue weighted by atomic mass is 10.1. The Morgan fingerprint density at radius 3 is 2.33 bits per heavy atom. The molecule has 30 heavy (non-hydrogen) atoms. The van der Waals surface area contributed by atoms with E-state index in [0.717, 1.165) is 16.8 Å². The maximum absolute atomic E-state index is 13.3.